The van der Waals surface area contributed by atoms with Gasteiger partial charge in [0.1, 0.15) is 11.5 Å². The van der Waals surface area contributed by atoms with E-state index in [1.54, 1.807) is 23.9 Å². The van der Waals surface area contributed by atoms with Crippen LogP contribution in [-0.4, -0.2) is 77.0 Å². The summed E-state index contributed by atoms with van der Waals surface area (Å²) in [5, 5.41) is 26.8. The fourth-order valence-corrected chi connectivity index (χ4v) is 13.4. The minimum Gasteiger partial charge on any atom is -0.545 e. The number of rotatable bonds is 14. The van der Waals surface area contributed by atoms with Gasteiger partial charge in [-0.25, -0.2) is 9.37 Å². The van der Waals surface area contributed by atoms with Crippen molar-refractivity contribution < 1.29 is 38.2 Å². The van der Waals surface area contributed by atoms with E-state index in [0.29, 0.717) is 51.5 Å². The number of allylic oxidation sites excluding steroid dienone is 2. The average Bonchev–Trinajstić information content (AvgIpc) is 1.42. The first kappa shape index (κ1) is 55.9. The standard InChI is InChI=1S/C69H70N8O5S/c1-14-76-55-38-57-53(36-51(55)43(2)40-68(76,4)5)59(54-37-52-44(3)41-69(6,7)77(56(52)39-58(54)82-57)42-45-20-22-46(23-21-45)66(78)79)60-61(67(80)81)62(73-30-24-47(25-31-73)70(8)9)64(75-34-28-49(29-35-75)72(12)13)65(83-50-18-16-15-17-19-50)63(60)74-32-26-48(27-33-74)71(10)11/h15-41H,14,42H2,1-13H3/q+2/p+1. The first-order valence-corrected chi connectivity index (χ1v) is 28.8. The Labute approximate surface area is 490 Å². The summed E-state index contributed by atoms with van der Waals surface area (Å²) in [7, 11) is 12.0. The van der Waals surface area contributed by atoms with Crippen molar-refractivity contribution in [3.8, 4) is 28.6 Å². The second-order valence-corrected chi connectivity index (χ2v) is 24.5. The van der Waals surface area contributed by atoms with Crippen molar-refractivity contribution in [3.05, 3.63) is 214 Å². The van der Waals surface area contributed by atoms with Gasteiger partial charge in [-0.15, -0.1) is 0 Å². The summed E-state index contributed by atoms with van der Waals surface area (Å²) < 4.78 is 15.8. The Morgan fingerprint density at radius 2 is 1.18 bits per heavy atom. The van der Waals surface area contributed by atoms with Crippen molar-refractivity contribution in [2.45, 2.75) is 75.9 Å². The van der Waals surface area contributed by atoms with Crippen LogP contribution < -0.4 is 58.3 Å². The Bertz CT molecular complexity index is 4130. The van der Waals surface area contributed by atoms with Crippen LogP contribution in [0.2, 0.25) is 0 Å². The first-order chi connectivity index (χ1) is 39.5. The van der Waals surface area contributed by atoms with Gasteiger partial charge < -0.3 is 39.3 Å². The van der Waals surface area contributed by atoms with Crippen LogP contribution in [0.1, 0.15) is 97.0 Å². The van der Waals surface area contributed by atoms with E-state index >= 15 is 9.90 Å². The number of carboxylic acids is 2. The molecule has 0 spiro atoms. The van der Waals surface area contributed by atoms with E-state index in [9.17, 15) is 9.90 Å². The van der Waals surface area contributed by atoms with E-state index < -0.39 is 17.5 Å². The minimum absolute atomic E-state index is 0.0176. The number of aromatic nitrogens is 3. The molecule has 5 aromatic carbocycles. The Morgan fingerprint density at radius 1 is 0.639 bits per heavy atom. The molecular formula is C69H71N8O5S+3. The molecule has 0 saturated heterocycles. The van der Waals surface area contributed by atoms with Crippen LogP contribution >= 0.6 is 11.8 Å². The molecule has 0 unspecified atom stereocenters. The van der Waals surface area contributed by atoms with Crippen molar-refractivity contribution in [2.75, 3.05) is 68.4 Å². The van der Waals surface area contributed by atoms with E-state index in [1.165, 1.54) is 0 Å². The molecule has 3 aliphatic rings. The molecule has 1 N–H and O–H groups in total. The zero-order valence-electron chi connectivity index (χ0n) is 49.6. The molecule has 13 nitrogen and oxygen atoms in total. The fourth-order valence-electron chi connectivity index (χ4n) is 12.3. The average molecular weight is 1120 g/mol. The molecule has 0 fully saturated rings. The number of nitrogens with zero attached hydrogens (tertiary/aromatic N) is 8. The molecule has 0 radical (unpaired) electrons. The molecule has 3 aromatic heterocycles. The van der Waals surface area contributed by atoms with Crippen LogP contribution in [0.3, 0.4) is 0 Å². The lowest BCUT2D eigenvalue weighted by Crippen LogP contribution is -2.49. The van der Waals surface area contributed by atoms with E-state index in [0.717, 1.165) is 77.8 Å². The highest BCUT2D eigenvalue weighted by Crippen LogP contribution is 2.50. The predicted octanol–water partition coefficient (Wildman–Crippen LogP) is 9.19. The number of carbonyl (C=O) groups is 2. The summed E-state index contributed by atoms with van der Waals surface area (Å²) in [6, 6.07) is 38.1. The number of carboxylic acid groups (broad SMARTS) is 2. The second kappa shape index (κ2) is 21.4. The molecule has 0 aliphatic carbocycles. The molecule has 6 heterocycles. The lowest BCUT2D eigenvalue weighted by atomic mass is 9.82. The maximum atomic E-state index is 15.4. The van der Waals surface area contributed by atoms with Crippen LogP contribution in [0, 0.1) is 0 Å². The Hall–Kier alpha value is -9.01. The van der Waals surface area contributed by atoms with Crippen LogP contribution in [0.4, 0.5) is 22.7 Å². The van der Waals surface area contributed by atoms with Gasteiger partial charge in [-0.05, 0) is 88.2 Å². The van der Waals surface area contributed by atoms with Crippen LogP contribution in [0.5, 0.6) is 11.5 Å². The molecule has 3 aliphatic heterocycles. The van der Waals surface area contributed by atoms with Gasteiger partial charge >= 0.3 is 11.7 Å². The quantitative estimate of drug-likeness (QED) is 0.106. The van der Waals surface area contributed by atoms with Gasteiger partial charge in [0.25, 0.3) is 5.69 Å². The van der Waals surface area contributed by atoms with Crippen molar-refractivity contribution in [3.63, 3.8) is 0 Å². The highest BCUT2D eigenvalue weighted by molar-refractivity contribution is 7.99. The number of pyridine rings is 3. The van der Waals surface area contributed by atoms with E-state index in [1.807, 2.05) is 153 Å². The number of fused-ring (bicyclic) bond motifs is 4. The maximum absolute atomic E-state index is 15.4. The van der Waals surface area contributed by atoms with E-state index in [4.69, 9.17) is 4.74 Å². The maximum Gasteiger partial charge on any atom is 0.335 e. The van der Waals surface area contributed by atoms with Gasteiger partial charge in [0.2, 0.25) is 11.0 Å². The Balaban J connectivity index is 1.39. The van der Waals surface area contributed by atoms with Gasteiger partial charge in [-0.2, -0.15) is 13.7 Å². The molecule has 14 heteroatoms. The number of aromatic carboxylic acids is 2. The molecule has 83 heavy (non-hydrogen) atoms. The molecule has 11 rings (SSSR count). The number of ether oxygens (including phenoxy) is 1. The highest BCUT2D eigenvalue weighted by Gasteiger charge is 2.45. The van der Waals surface area contributed by atoms with Crippen molar-refractivity contribution in [2.24, 2.45) is 0 Å². The van der Waals surface area contributed by atoms with E-state index in [2.05, 4.69) is 128 Å². The summed E-state index contributed by atoms with van der Waals surface area (Å²) in [6.07, 6.45) is 16.5. The number of hydrogen-bond acceptors (Lipinski definition) is 9. The predicted molar refractivity (Wildman–Crippen MR) is 330 cm³/mol. The monoisotopic (exact) mass is 1120 g/mol. The molecule has 8 aromatic rings. The third-order valence-corrected chi connectivity index (χ3v) is 17.4. The van der Waals surface area contributed by atoms with E-state index in [-0.39, 0.29) is 16.7 Å². The van der Waals surface area contributed by atoms with Gasteiger partial charge in [-0.1, -0.05) is 48.2 Å². The third kappa shape index (κ3) is 10.1. The normalized spacial score (nSPS) is 14.5. The first-order valence-electron chi connectivity index (χ1n) is 28.0. The fraction of sp³-hybridized carbons (Fsp3) is 0.246. The number of benzene rings is 5. The van der Waals surface area contributed by atoms with Gasteiger partial charge in [0.15, 0.2) is 54.2 Å². The summed E-state index contributed by atoms with van der Waals surface area (Å²) >= 11 is 1.58. The summed E-state index contributed by atoms with van der Waals surface area (Å²) in [4.78, 5) is 37.6. The van der Waals surface area contributed by atoms with Crippen molar-refractivity contribution >= 4 is 63.2 Å². The summed E-state index contributed by atoms with van der Waals surface area (Å²) in [6.45, 7) is 16.5. The molecule has 0 saturated carbocycles. The number of carbonyl (C=O) groups excluding carboxylic acids is 1. The smallest absolute Gasteiger partial charge is 0.335 e. The van der Waals surface area contributed by atoms with Gasteiger partial charge in [0.05, 0.1) is 34.3 Å². The van der Waals surface area contributed by atoms with Crippen LogP contribution in [0.15, 0.2) is 174 Å². The molecule has 420 valence electrons. The van der Waals surface area contributed by atoms with Crippen molar-refractivity contribution in [1.29, 1.82) is 0 Å². The van der Waals surface area contributed by atoms with Crippen LogP contribution in [-0.2, 0) is 6.54 Å². The topological polar surface area (TPSA) is 114 Å². The Morgan fingerprint density at radius 3 is 1.71 bits per heavy atom. The summed E-state index contributed by atoms with van der Waals surface area (Å²) in [5.41, 5.74) is 11.8. The lowest BCUT2D eigenvalue weighted by molar-refractivity contribution is -0.637. The summed E-state index contributed by atoms with van der Waals surface area (Å²) in [5.74, 6) is -1.21. The largest absolute Gasteiger partial charge is 0.545 e. The zero-order chi connectivity index (χ0) is 59.0. The van der Waals surface area contributed by atoms with Gasteiger partial charge in [-0.3, -0.25) is 0 Å². The second-order valence-electron chi connectivity index (χ2n) is 23.4. The number of anilines is 4. The molecule has 0 bridgehead atoms. The molecular weight excluding hydrogens is 1050 g/mol. The third-order valence-electron chi connectivity index (χ3n) is 16.3. The molecule has 0 atom stereocenters. The highest BCUT2D eigenvalue weighted by atomic mass is 32.2. The number of likely N-dealkylation sites (N-methyl/N-ethyl adjacent to an activating group) is 1. The zero-order valence-corrected chi connectivity index (χ0v) is 50.4. The SMILES string of the molecule is CCN1c2cc3c(cc2C(C)=CC1(C)C)C(c1c(C(=O)[O-])c(-[n+]2ccc(N(C)C)cc2)c(-[n+]2ccc(N(C)C)cc2)c(Sc2ccccc2)c1-[n+]1ccc(N(C)C)cc1)=c1cc2c(cc1O3)=[N+](Cc1ccc(C(=O)O)cc1)C(C)(C)C=C2C. The lowest BCUT2D eigenvalue weighted by Gasteiger charge is -2.43. The van der Waals surface area contributed by atoms with Crippen LogP contribution in [0.25, 0.3) is 33.8 Å². The molecule has 0 amide bonds. The minimum atomic E-state index is -1.36. The van der Waals surface area contributed by atoms with Crippen molar-refractivity contribution in [1.82, 2.24) is 4.58 Å². The van der Waals surface area contributed by atoms with Gasteiger partial charge in [0, 0.05) is 166 Å². The Kier molecular flexibility index (Phi) is 14.4. The number of hydrogen-bond donors (Lipinski definition) is 1.